The van der Waals surface area contributed by atoms with Crippen LogP contribution in [0.2, 0.25) is 0 Å². The van der Waals surface area contributed by atoms with Gasteiger partial charge in [-0.1, -0.05) is 0 Å². The SMILES string of the molecule is COCCCNC(=S)N(C)CC1CCOCC1. The molecule has 0 aromatic carbocycles. The molecule has 0 aromatic rings. The Labute approximate surface area is 110 Å². The Morgan fingerprint density at radius 1 is 1.47 bits per heavy atom. The number of methoxy groups -OCH3 is 1. The third-order valence-electron chi connectivity index (χ3n) is 3.02. The molecule has 0 unspecified atom stereocenters. The van der Waals surface area contributed by atoms with Gasteiger partial charge in [0.05, 0.1) is 0 Å². The minimum atomic E-state index is 0.715. The molecule has 0 radical (unpaired) electrons. The van der Waals surface area contributed by atoms with Crippen molar-refractivity contribution in [1.82, 2.24) is 10.2 Å². The van der Waals surface area contributed by atoms with Crippen molar-refractivity contribution in [2.24, 2.45) is 5.92 Å². The average Bonchev–Trinajstić information content (AvgIpc) is 2.35. The van der Waals surface area contributed by atoms with Gasteiger partial charge in [0.25, 0.3) is 0 Å². The summed E-state index contributed by atoms with van der Waals surface area (Å²) in [4.78, 5) is 2.14. The van der Waals surface area contributed by atoms with Crippen molar-refractivity contribution in [1.29, 1.82) is 0 Å². The molecule has 0 bridgehead atoms. The minimum Gasteiger partial charge on any atom is -0.385 e. The maximum atomic E-state index is 5.35. The van der Waals surface area contributed by atoms with Crippen molar-refractivity contribution in [3.8, 4) is 0 Å². The molecule has 5 heteroatoms. The van der Waals surface area contributed by atoms with Crippen molar-refractivity contribution in [3.05, 3.63) is 0 Å². The van der Waals surface area contributed by atoms with Crippen LogP contribution in [0.25, 0.3) is 0 Å². The monoisotopic (exact) mass is 260 g/mol. The Kier molecular flexibility index (Phi) is 7.48. The fraction of sp³-hybridized carbons (Fsp3) is 0.917. The smallest absolute Gasteiger partial charge is 0.168 e. The highest BCUT2D eigenvalue weighted by molar-refractivity contribution is 7.80. The van der Waals surface area contributed by atoms with E-state index in [-0.39, 0.29) is 0 Å². The highest BCUT2D eigenvalue weighted by Gasteiger charge is 2.16. The van der Waals surface area contributed by atoms with Crippen LogP contribution in [0.3, 0.4) is 0 Å². The van der Waals surface area contributed by atoms with E-state index in [2.05, 4.69) is 17.3 Å². The summed E-state index contributed by atoms with van der Waals surface area (Å²) in [5.74, 6) is 0.715. The summed E-state index contributed by atoms with van der Waals surface area (Å²) in [7, 11) is 3.77. The summed E-state index contributed by atoms with van der Waals surface area (Å²) in [5.41, 5.74) is 0. The summed E-state index contributed by atoms with van der Waals surface area (Å²) in [6, 6.07) is 0. The molecule has 0 aromatic heterocycles. The summed E-state index contributed by atoms with van der Waals surface area (Å²) in [6.07, 6.45) is 3.29. The van der Waals surface area contributed by atoms with Gasteiger partial charge in [-0.2, -0.15) is 0 Å². The van der Waals surface area contributed by atoms with Gasteiger partial charge in [-0.3, -0.25) is 0 Å². The van der Waals surface area contributed by atoms with Gasteiger partial charge in [-0.25, -0.2) is 0 Å². The molecule has 100 valence electrons. The first-order valence-corrected chi connectivity index (χ1v) is 6.70. The number of hydrogen-bond donors (Lipinski definition) is 1. The van der Waals surface area contributed by atoms with E-state index in [1.54, 1.807) is 7.11 Å². The van der Waals surface area contributed by atoms with E-state index < -0.39 is 0 Å². The van der Waals surface area contributed by atoms with Crippen molar-refractivity contribution < 1.29 is 9.47 Å². The number of nitrogens with one attached hydrogen (secondary N) is 1. The summed E-state index contributed by atoms with van der Waals surface area (Å²) in [5, 5.41) is 4.09. The molecule has 17 heavy (non-hydrogen) atoms. The Morgan fingerprint density at radius 3 is 2.82 bits per heavy atom. The molecule has 0 spiro atoms. The quantitative estimate of drug-likeness (QED) is 0.574. The largest absolute Gasteiger partial charge is 0.385 e. The van der Waals surface area contributed by atoms with Crippen molar-refractivity contribution >= 4 is 17.3 Å². The minimum absolute atomic E-state index is 0.715. The van der Waals surface area contributed by atoms with Crippen LogP contribution in [0, 0.1) is 5.92 Å². The van der Waals surface area contributed by atoms with E-state index in [1.165, 1.54) is 0 Å². The molecule has 1 fully saturated rings. The van der Waals surface area contributed by atoms with Crippen LogP contribution in [-0.4, -0.2) is 57.1 Å². The maximum absolute atomic E-state index is 5.35. The summed E-state index contributed by atoms with van der Waals surface area (Å²) < 4.78 is 10.3. The first kappa shape index (κ1) is 14.7. The van der Waals surface area contributed by atoms with Crippen LogP contribution in [-0.2, 0) is 9.47 Å². The van der Waals surface area contributed by atoms with Crippen molar-refractivity contribution in [2.45, 2.75) is 19.3 Å². The Balaban J connectivity index is 2.12. The lowest BCUT2D eigenvalue weighted by Crippen LogP contribution is -2.41. The van der Waals surface area contributed by atoms with Crippen LogP contribution >= 0.6 is 12.2 Å². The zero-order chi connectivity index (χ0) is 12.5. The zero-order valence-corrected chi connectivity index (χ0v) is 11.7. The van der Waals surface area contributed by atoms with E-state index in [0.717, 1.165) is 57.3 Å². The first-order valence-electron chi connectivity index (χ1n) is 6.29. The van der Waals surface area contributed by atoms with Gasteiger partial charge in [-0.05, 0) is 37.4 Å². The van der Waals surface area contributed by atoms with Crippen LogP contribution < -0.4 is 5.32 Å². The molecular weight excluding hydrogens is 236 g/mol. The Morgan fingerprint density at radius 2 is 2.18 bits per heavy atom. The lowest BCUT2D eigenvalue weighted by molar-refractivity contribution is 0.0612. The van der Waals surface area contributed by atoms with E-state index >= 15 is 0 Å². The number of hydrogen-bond acceptors (Lipinski definition) is 3. The molecule has 0 aliphatic carbocycles. The molecule has 4 nitrogen and oxygen atoms in total. The molecule has 1 aliphatic rings. The van der Waals surface area contributed by atoms with Gasteiger partial charge in [-0.15, -0.1) is 0 Å². The van der Waals surface area contributed by atoms with Gasteiger partial charge >= 0.3 is 0 Å². The molecule has 0 saturated carbocycles. The molecule has 1 heterocycles. The van der Waals surface area contributed by atoms with Crippen LogP contribution in [0.15, 0.2) is 0 Å². The van der Waals surface area contributed by atoms with Gasteiger partial charge in [0.15, 0.2) is 5.11 Å². The van der Waals surface area contributed by atoms with E-state index in [4.69, 9.17) is 21.7 Å². The fourth-order valence-corrected chi connectivity index (χ4v) is 2.12. The third-order valence-corrected chi connectivity index (χ3v) is 3.48. The predicted molar refractivity (Wildman–Crippen MR) is 73.3 cm³/mol. The number of nitrogens with zero attached hydrogens (tertiary/aromatic N) is 1. The highest BCUT2D eigenvalue weighted by Crippen LogP contribution is 2.15. The second kappa shape index (κ2) is 8.66. The molecule has 0 atom stereocenters. The Bertz CT molecular complexity index is 221. The number of ether oxygens (including phenoxy) is 2. The molecule has 1 N–H and O–H groups in total. The number of rotatable bonds is 6. The topological polar surface area (TPSA) is 33.7 Å². The summed E-state index contributed by atoms with van der Waals surface area (Å²) >= 11 is 5.34. The second-order valence-electron chi connectivity index (χ2n) is 4.51. The average molecular weight is 260 g/mol. The Hall–Kier alpha value is -0.390. The standard InChI is InChI=1S/C12H24N2O2S/c1-14(10-11-4-8-16-9-5-11)12(17)13-6-3-7-15-2/h11H,3-10H2,1-2H3,(H,13,17). The lowest BCUT2D eigenvalue weighted by atomic mass is 10.0. The van der Waals surface area contributed by atoms with Crippen LogP contribution in [0.5, 0.6) is 0 Å². The molecular formula is C12H24N2O2S. The molecule has 1 aliphatic heterocycles. The zero-order valence-electron chi connectivity index (χ0n) is 10.9. The maximum Gasteiger partial charge on any atom is 0.168 e. The van der Waals surface area contributed by atoms with Gasteiger partial charge in [0.1, 0.15) is 0 Å². The molecule has 1 rings (SSSR count). The van der Waals surface area contributed by atoms with Gasteiger partial charge in [0, 0.05) is 47.1 Å². The van der Waals surface area contributed by atoms with Gasteiger partial charge in [0.2, 0.25) is 0 Å². The van der Waals surface area contributed by atoms with E-state index in [1.807, 2.05) is 0 Å². The van der Waals surface area contributed by atoms with Crippen molar-refractivity contribution in [3.63, 3.8) is 0 Å². The molecule has 1 saturated heterocycles. The first-order chi connectivity index (χ1) is 8.24. The normalized spacial score (nSPS) is 16.8. The van der Waals surface area contributed by atoms with Gasteiger partial charge < -0.3 is 19.7 Å². The fourth-order valence-electron chi connectivity index (χ4n) is 1.95. The lowest BCUT2D eigenvalue weighted by Gasteiger charge is -2.28. The van der Waals surface area contributed by atoms with E-state index in [9.17, 15) is 0 Å². The third kappa shape index (κ3) is 6.19. The second-order valence-corrected chi connectivity index (χ2v) is 4.90. The predicted octanol–water partition coefficient (Wildman–Crippen LogP) is 1.26. The molecule has 0 amide bonds. The van der Waals surface area contributed by atoms with Crippen LogP contribution in [0.1, 0.15) is 19.3 Å². The number of thiocarbonyl (C=S) groups is 1. The summed E-state index contributed by atoms with van der Waals surface area (Å²) in [6.45, 7) is 4.47. The highest BCUT2D eigenvalue weighted by atomic mass is 32.1. The van der Waals surface area contributed by atoms with Crippen molar-refractivity contribution in [2.75, 3.05) is 47.1 Å². The van der Waals surface area contributed by atoms with Crippen LogP contribution in [0.4, 0.5) is 0 Å². The van der Waals surface area contributed by atoms with E-state index in [0.29, 0.717) is 5.92 Å².